The van der Waals surface area contributed by atoms with E-state index in [4.69, 9.17) is 0 Å². The lowest BCUT2D eigenvalue weighted by molar-refractivity contribution is 0.0604. The molecule has 2 atom stereocenters. The van der Waals surface area contributed by atoms with E-state index in [-0.39, 0.29) is 24.7 Å². The minimum absolute atomic E-state index is 0.00466. The van der Waals surface area contributed by atoms with E-state index in [1.165, 1.54) is 16.7 Å². The first-order valence-corrected chi connectivity index (χ1v) is 10.9. The van der Waals surface area contributed by atoms with Crippen LogP contribution >= 0.6 is 0 Å². The second-order valence-corrected chi connectivity index (χ2v) is 7.87. The molecule has 0 fully saturated rings. The van der Waals surface area contributed by atoms with Crippen molar-refractivity contribution in [3.05, 3.63) is 144 Å². The fourth-order valence-electron chi connectivity index (χ4n) is 4.43. The number of aliphatic hydroxyl groups excluding tert-OH is 1. The van der Waals surface area contributed by atoms with Crippen LogP contribution in [0.3, 0.4) is 0 Å². The minimum Gasteiger partial charge on any atom is -0.394 e. The third-order valence-electron chi connectivity index (χ3n) is 5.98. The van der Waals surface area contributed by atoms with Gasteiger partial charge in [0.25, 0.3) is 0 Å². The number of aliphatic hydroxyl groups is 1. The van der Waals surface area contributed by atoms with Gasteiger partial charge in [-0.05, 0) is 29.2 Å². The second kappa shape index (κ2) is 10.2. The topological polar surface area (TPSA) is 23.5 Å². The van der Waals surface area contributed by atoms with E-state index < -0.39 is 0 Å². The Bertz CT molecular complexity index is 996. The standard InChI is InChI=1S/C29H29NO/c1-23(24-14-6-2-7-15-24)30(28(22-31)25-16-8-3-9-17-25)29(26-18-10-4-11-19-26)27-20-12-5-13-21-27/h2-21,23,28-29,31H,22H2,1H3/t23-,28+/m1/s1. The third-order valence-corrected chi connectivity index (χ3v) is 5.98. The van der Waals surface area contributed by atoms with Gasteiger partial charge in [0.2, 0.25) is 0 Å². The molecule has 31 heavy (non-hydrogen) atoms. The molecule has 1 N–H and O–H groups in total. The molecule has 2 nitrogen and oxygen atoms in total. The lowest BCUT2D eigenvalue weighted by Crippen LogP contribution is -2.37. The number of hydrogen-bond donors (Lipinski definition) is 1. The zero-order valence-electron chi connectivity index (χ0n) is 17.9. The molecule has 0 unspecified atom stereocenters. The maximum atomic E-state index is 10.6. The van der Waals surface area contributed by atoms with E-state index in [1.807, 2.05) is 24.3 Å². The van der Waals surface area contributed by atoms with E-state index in [0.717, 1.165) is 5.56 Å². The maximum absolute atomic E-state index is 10.6. The molecule has 0 aliphatic heterocycles. The summed E-state index contributed by atoms with van der Waals surface area (Å²) in [4.78, 5) is 2.45. The van der Waals surface area contributed by atoms with Gasteiger partial charge in [-0.25, -0.2) is 0 Å². The summed E-state index contributed by atoms with van der Waals surface area (Å²) < 4.78 is 0. The Hall–Kier alpha value is -3.20. The zero-order chi connectivity index (χ0) is 21.5. The van der Waals surface area contributed by atoms with Crippen molar-refractivity contribution in [2.24, 2.45) is 0 Å². The van der Waals surface area contributed by atoms with Crippen molar-refractivity contribution in [3.63, 3.8) is 0 Å². The van der Waals surface area contributed by atoms with Gasteiger partial charge >= 0.3 is 0 Å². The monoisotopic (exact) mass is 407 g/mol. The highest BCUT2D eigenvalue weighted by Gasteiger charge is 2.33. The summed E-state index contributed by atoms with van der Waals surface area (Å²) in [6.07, 6.45) is 0. The average molecular weight is 408 g/mol. The number of nitrogens with zero attached hydrogens (tertiary/aromatic N) is 1. The fraction of sp³-hybridized carbons (Fsp3) is 0.172. The van der Waals surface area contributed by atoms with E-state index in [0.29, 0.717) is 0 Å². The fourth-order valence-corrected chi connectivity index (χ4v) is 4.43. The van der Waals surface area contributed by atoms with Crippen molar-refractivity contribution in [2.75, 3.05) is 6.61 Å². The molecule has 0 amide bonds. The van der Waals surface area contributed by atoms with E-state index >= 15 is 0 Å². The minimum atomic E-state index is -0.151. The number of benzene rings is 4. The molecule has 156 valence electrons. The molecule has 2 heteroatoms. The van der Waals surface area contributed by atoms with Gasteiger partial charge in [-0.1, -0.05) is 121 Å². The predicted molar refractivity (Wildman–Crippen MR) is 128 cm³/mol. The van der Waals surface area contributed by atoms with Crippen molar-refractivity contribution in [3.8, 4) is 0 Å². The van der Waals surface area contributed by atoms with Gasteiger partial charge in [-0.15, -0.1) is 0 Å². The highest BCUT2D eigenvalue weighted by atomic mass is 16.3. The summed E-state index contributed by atoms with van der Waals surface area (Å²) >= 11 is 0. The van der Waals surface area contributed by atoms with Crippen LogP contribution < -0.4 is 0 Å². The Morgan fingerprint density at radius 1 is 0.548 bits per heavy atom. The molecule has 0 saturated carbocycles. The molecule has 0 saturated heterocycles. The number of hydrogen-bond acceptors (Lipinski definition) is 2. The van der Waals surface area contributed by atoms with Crippen LogP contribution in [0.2, 0.25) is 0 Å². The van der Waals surface area contributed by atoms with Crippen molar-refractivity contribution in [2.45, 2.75) is 25.0 Å². The summed E-state index contributed by atoms with van der Waals surface area (Å²) in [6.45, 7) is 2.27. The first-order chi connectivity index (χ1) is 15.3. The SMILES string of the molecule is C[C@H](c1ccccc1)N(C(c1ccccc1)c1ccccc1)[C@@H](CO)c1ccccc1. The Balaban J connectivity index is 1.90. The molecular formula is C29H29NO. The first kappa shape index (κ1) is 21.0. The Kier molecular flexibility index (Phi) is 6.93. The largest absolute Gasteiger partial charge is 0.394 e. The molecular weight excluding hydrogens is 378 g/mol. The quantitative estimate of drug-likeness (QED) is 0.357. The van der Waals surface area contributed by atoms with Gasteiger partial charge in [-0.2, -0.15) is 0 Å². The normalized spacial score (nSPS) is 13.3. The average Bonchev–Trinajstić information content (AvgIpc) is 2.86. The Morgan fingerprint density at radius 3 is 1.29 bits per heavy atom. The van der Waals surface area contributed by atoms with Crippen LogP contribution in [0.5, 0.6) is 0 Å². The van der Waals surface area contributed by atoms with Gasteiger partial charge in [0.15, 0.2) is 0 Å². The van der Waals surface area contributed by atoms with Crippen molar-refractivity contribution in [1.82, 2.24) is 4.90 Å². The van der Waals surface area contributed by atoms with Crippen LogP contribution in [0.1, 0.15) is 47.3 Å². The molecule has 0 aliphatic carbocycles. The maximum Gasteiger partial charge on any atom is 0.0629 e. The second-order valence-electron chi connectivity index (χ2n) is 7.87. The molecule has 4 aromatic carbocycles. The summed E-state index contributed by atoms with van der Waals surface area (Å²) in [5, 5.41) is 10.6. The molecule has 0 bridgehead atoms. The summed E-state index contributed by atoms with van der Waals surface area (Å²) in [6, 6.07) is 42.0. The van der Waals surface area contributed by atoms with Crippen LogP contribution in [0, 0.1) is 0 Å². The third kappa shape index (κ3) is 4.77. The van der Waals surface area contributed by atoms with Gasteiger partial charge in [0.1, 0.15) is 0 Å². The van der Waals surface area contributed by atoms with Gasteiger partial charge < -0.3 is 5.11 Å². The molecule has 0 heterocycles. The smallest absolute Gasteiger partial charge is 0.0629 e. The Morgan fingerprint density at radius 2 is 0.903 bits per heavy atom. The number of rotatable bonds is 8. The molecule has 0 aromatic heterocycles. The molecule has 0 spiro atoms. The summed E-state index contributed by atoms with van der Waals surface area (Å²) in [5.41, 5.74) is 4.77. The van der Waals surface area contributed by atoms with Crippen molar-refractivity contribution >= 4 is 0 Å². The Labute approximate surface area is 185 Å². The van der Waals surface area contributed by atoms with E-state index in [2.05, 4.69) is 109 Å². The van der Waals surface area contributed by atoms with Crippen LogP contribution in [-0.4, -0.2) is 16.6 Å². The lowest BCUT2D eigenvalue weighted by Gasteiger charge is -2.42. The van der Waals surface area contributed by atoms with Crippen LogP contribution in [0.15, 0.2) is 121 Å². The highest BCUT2D eigenvalue weighted by molar-refractivity contribution is 5.34. The van der Waals surface area contributed by atoms with Gasteiger partial charge in [-0.3, -0.25) is 4.90 Å². The van der Waals surface area contributed by atoms with E-state index in [9.17, 15) is 5.11 Å². The molecule has 4 rings (SSSR count). The summed E-state index contributed by atoms with van der Waals surface area (Å²) in [7, 11) is 0. The summed E-state index contributed by atoms with van der Waals surface area (Å²) in [5.74, 6) is 0. The first-order valence-electron chi connectivity index (χ1n) is 10.9. The van der Waals surface area contributed by atoms with Crippen LogP contribution in [0.4, 0.5) is 0 Å². The van der Waals surface area contributed by atoms with Crippen LogP contribution in [0.25, 0.3) is 0 Å². The lowest BCUT2D eigenvalue weighted by atomic mass is 9.90. The molecule has 0 radical (unpaired) electrons. The highest BCUT2D eigenvalue weighted by Crippen LogP contribution is 2.41. The predicted octanol–water partition coefficient (Wildman–Crippen LogP) is 6.57. The molecule has 4 aromatic rings. The molecule has 0 aliphatic rings. The van der Waals surface area contributed by atoms with E-state index in [1.54, 1.807) is 0 Å². The van der Waals surface area contributed by atoms with Gasteiger partial charge in [0, 0.05) is 6.04 Å². The van der Waals surface area contributed by atoms with Crippen LogP contribution in [-0.2, 0) is 0 Å². The van der Waals surface area contributed by atoms with Crippen molar-refractivity contribution in [1.29, 1.82) is 0 Å². The zero-order valence-corrected chi connectivity index (χ0v) is 17.9. The van der Waals surface area contributed by atoms with Gasteiger partial charge in [0.05, 0.1) is 18.7 Å². The van der Waals surface area contributed by atoms with Crippen molar-refractivity contribution < 1.29 is 5.11 Å².